The topological polar surface area (TPSA) is 0 Å². The third kappa shape index (κ3) is 4.69. The van der Waals surface area contributed by atoms with Crippen molar-refractivity contribution in [3.8, 4) is 44.5 Å². The summed E-state index contributed by atoms with van der Waals surface area (Å²) < 4.78 is 0. The number of rotatable bonds is 3. The van der Waals surface area contributed by atoms with Crippen LogP contribution in [-0.4, -0.2) is 8.07 Å². The maximum Gasteiger partial charge on any atom is 0.113 e. The van der Waals surface area contributed by atoms with Crippen LogP contribution in [0.4, 0.5) is 0 Å². The fraction of sp³-hybridized carbons (Fsp3) is 0.111. The van der Waals surface area contributed by atoms with E-state index in [1.807, 2.05) is 0 Å². The monoisotopic (exact) mass is 718 g/mol. The summed E-state index contributed by atoms with van der Waals surface area (Å²) in [6.45, 7) is 9.79. The molecular weight excluding hydrogens is 677 g/mol. The summed E-state index contributed by atoms with van der Waals surface area (Å²) in [5.74, 6) is 1.000. The molecule has 1 heteroatoms. The maximum absolute atomic E-state index is 2.63. The molecule has 0 saturated heterocycles. The Morgan fingerprint density at radius 3 is 1.73 bits per heavy atom. The third-order valence-electron chi connectivity index (χ3n) is 13.2. The van der Waals surface area contributed by atoms with Gasteiger partial charge in [0, 0.05) is 0 Å². The number of hydrogen-bond donors (Lipinski definition) is 0. The lowest BCUT2D eigenvalue weighted by atomic mass is 9.78. The number of allylic oxidation sites excluding steroid dienone is 1. The van der Waals surface area contributed by atoms with Crippen LogP contribution in [0, 0.1) is 5.92 Å². The molecule has 0 nitrogen and oxygen atoms in total. The van der Waals surface area contributed by atoms with Crippen molar-refractivity contribution in [3.05, 3.63) is 175 Å². The Morgan fingerprint density at radius 2 is 0.982 bits per heavy atom. The predicted octanol–water partition coefficient (Wildman–Crippen LogP) is 13.9. The molecule has 0 saturated carbocycles. The van der Waals surface area contributed by atoms with Gasteiger partial charge in [0.2, 0.25) is 0 Å². The van der Waals surface area contributed by atoms with Crippen LogP contribution in [0.1, 0.15) is 30.9 Å². The van der Waals surface area contributed by atoms with Gasteiger partial charge >= 0.3 is 0 Å². The van der Waals surface area contributed by atoms with E-state index in [1.54, 1.807) is 0 Å². The van der Waals surface area contributed by atoms with E-state index in [-0.39, 0.29) is 0 Å². The number of benzene rings is 9. The van der Waals surface area contributed by atoms with Crippen LogP contribution in [0.2, 0.25) is 13.1 Å². The van der Waals surface area contributed by atoms with Crippen molar-refractivity contribution in [3.63, 3.8) is 0 Å². The Labute approximate surface area is 324 Å². The minimum Gasteiger partial charge on any atom is -0.0805 e. The number of fused-ring (bicyclic) bond motifs is 8. The van der Waals surface area contributed by atoms with Crippen molar-refractivity contribution in [2.75, 3.05) is 0 Å². The van der Waals surface area contributed by atoms with Crippen molar-refractivity contribution >= 4 is 67.6 Å². The van der Waals surface area contributed by atoms with Gasteiger partial charge < -0.3 is 0 Å². The fourth-order valence-electron chi connectivity index (χ4n) is 10.2. The lowest BCUT2D eigenvalue weighted by molar-refractivity contribution is 0.586. The molecule has 0 radical (unpaired) electrons. The van der Waals surface area contributed by atoms with E-state index in [0.717, 1.165) is 0 Å². The van der Waals surface area contributed by atoms with Gasteiger partial charge in [-0.15, -0.1) is 0 Å². The van der Waals surface area contributed by atoms with Crippen molar-refractivity contribution in [2.24, 2.45) is 5.92 Å². The molecule has 9 aromatic carbocycles. The molecule has 55 heavy (non-hydrogen) atoms. The van der Waals surface area contributed by atoms with Crippen molar-refractivity contribution < 1.29 is 0 Å². The van der Waals surface area contributed by atoms with Crippen molar-refractivity contribution in [2.45, 2.75) is 32.9 Å². The Hall–Kier alpha value is -6.02. The van der Waals surface area contributed by atoms with E-state index in [4.69, 9.17) is 0 Å². The summed E-state index contributed by atoms with van der Waals surface area (Å²) in [6.07, 6.45) is 4.77. The molecule has 0 fully saturated rings. The van der Waals surface area contributed by atoms with E-state index >= 15 is 0 Å². The first-order chi connectivity index (χ1) is 26.9. The highest BCUT2D eigenvalue weighted by Gasteiger charge is 2.38. The molecule has 1 aliphatic carbocycles. The zero-order valence-corrected chi connectivity index (χ0v) is 32.8. The van der Waals surface area contributed by atoms with Crippen LogP contribution < -0.4 is 10.4 Å². The molecule has 262 valence electrons. The minimum absolute atomic E-state index is 0.479. The highest BCUT2D eigenvalue weighted by molar-refractivity contribution is 7.04. The second-order valence-electron chi connectivity index (χ2n) is 16.5. The van der Waals surface area contributed by atoms with Gasteiger partial charge in [-0.2, -0.15) is 0 Å². The van der Waals surface area contributed by atoms with Crippen molar-refractivity contribution in [1.29, 1.82) is 0 Å². The van der Waals surface area contributed by atoms with Gasteiger partial charge in [0.05, 0.1) is 0 Å². The van der Waals surface area contributed by atoms with Gasteiger partial charge in [0.25, 0.3) is 0 Å². The molecule has 0 spiro atoms. The Balaban J connectivity index is 1.34. The fourth-order valence-corrected chi connectivity index (χ4v) is 13.3. The largest absolute Gasteiger partial charge is 0.113 e. The van der Waals surface area contributed by atoms with Crippen molar-refractivity contribution in [1.82, 2.24) is 0 Å². The lowest BCUT2D eigenvalue weighted by Crippen LogP contribution is -2.49. The summed E-state index contributed by atoms with van der Waals surface area (Å²) in [5.41, 5.74) is 13.4. The maximum atomic E-state index is 2.63. The quantitative estimate of drug-likeness (QED) is 0.126. The lowest BCUT2D eigenvalue weighted by Gasteiger charge is -2.26. The molecule has 0 bridgehead atoms. The Kier molecular flexibility index (Phi) is 7.06. The highest BCUT2D eigenvalue weighted by atomic mass is 28.3. The molecule has 0 N–H and O–H groups in total. The average molecular weight is 719 g/mol. The summed E-state index contributed by atoms with van der Waals surface area (Å²) in [5, 5.41) is 13.4. The molecule has 1 aliphatic heterocycles. The molecule has 0 aromatic heterocycles. The predicted molar refractivity (Wildman–Crippen MR) is 242 cm³/mol. The van der Waals surface area contributed by atoms with Gasteiger partial charge in [0.15, 0.2) is 0 Å². The third-order valence-corrected chi connectivity index (χ3v) is 16.8. The zero-order valence-electron chi connectivity index (χ0n) is 31.8. The molecule has 2 atom stereocenters. The molecule has 1 heterocycles. The SMILES string of the molecule is CC1C=Cc2c(-c3ccc4c(-c5cccc6ccccc56)c5cc6c(cc5c(-c5cccc7ccccc57)c4c3)[Si](C)(C)c3ccccc3-6)cccc2C1C. The smallest absolute Gasteiger partial charge is 0.0805 e. The first-order valence-electron chi connectivity index (χ1n) is 19.8. The first kappa shape index (κ1) is 32.4. The van der Waals surface area contributed by atoms with Gasteiger partial charge in [0.1, 0.15) is 8.07 Å². The Morgan fingerprint density at radius 1 is 0.418 bits per heavy atom. The molecule has 11 rings (SSSR count). The highest BCUT2D eigenvalue weighted by Crippen LogP contribution is 2.49. The first-order valence-corrected chi connectivity index (χ1v) is 22.8. The van der Waals surface area contributed by atoms with Gasteiger partial charge in [-0.1, -0.05) is 185 Å². The molecule has 2 aliphatic rings. The standard InChI is InChI=1S/C54H42Si/c1-33-26-28-42-38(34(33)2)21-13-22-41(42)37-27-29-46-48(30-37)54(45-24-12-17-36-15-6-8-19-40(36)45)50-32-52-47(43-20-9-10-25-51(43)55(52,3)4)31-49(50)53(46)44-23-11-16-35-14-5-7-18-39(35)44/h5-34H,1-4H3. The van der Waals surface area contributed by atoms with Crippen LogP contribution in [0.15, 0.2) is 164 Å². The zero-order chi connectivity index (χ0) is 37.0. The van der Waals surface area contributed by atoms with Crippen LogP contribution in [0.5, 0.6) is 0 Å². The summed E-state index contributed by atoms with van der Waals surface area (Å²) >= 11 is 0. The summed E-state index contributed by atoms with van der Waals surface area (Å²) in [7, 11) is -1.98. The van der Waals surface area contributed by atoms with Crippen LogP contribution in [0.3, 0.4) is 0 Å². The molecule has 2 unspecified atom stereocenters. The van der Waals surface area contributed by atoms with Crippen LogP contribution in [-0.2, 0) is 0 Å². The van der Waals surface area contributed by atoms with Crippen LogP contribution in [0.25, 0.3) is 93.7 Å². The second-order valence-corrected chi connectivity index (χ2v) is 20.8. The van der Waals surface area contributed by atoms with E-state index in [2.05, 4.69) is 197 Å². The van der Waals surface area contributed by atoms with E-state index < -0.39 is 8.07 Å². The minimum atomic E-state index is -1.98. The summed E-state index contributed by atoms with van der Waals surface area (Å²) in [6, 6.07) is 60.2. The van der Waals surface area contributed by atoms with Crippen LogP contribution >= 0.6 is 0 Å². The summed E-state index contributed by atoms with van der Waals surface area (Å²) in [4.78, 5) is 0. The van der Waals surface area contributed by atoms with Gasteiger partial charge in [-0.3, -0.25) is 0 Å². The normalized spacial score (nSPS) is 16.8. The van der Waals surface area contributed by atoms with Gasteiger partial charge in [-0.05, 0) is 133 Å². The van der Waals surface area contributed by atoms with E-state index in [0.29, 0.717) is 11.8 Å². The molecule has 9 aromatic rings. The van der Waals surface area contributed by atoms with E-state index in [9.17, 15) is 0 Å². The number of hydrogen-bond acceptors (Lipinski definition) is 0. The second kappa shape index (κ2) is 12.0. The molecular formula is C54H42Si. The average Bonchev–Trinajstić information content (AvgIpc) is 3.45. The van der Waals surface area contributed by atoms with Gasteiger partial charge in [-0.25, -0.2) is 0 Å². The van der Waals surface area contributed by atoms with E-state index in [1.165, 1.54) is 109 Å². The molecule has 0 amide bonds. The Bertz CT molecular complexity index is 3090.